The van der Waals surface area contributed by atoms with Gasteiger partial charge in [-0.15, -0.1) is 11.3 Å². The molecule has 28 heavy (non-hydrogen) atoms. The van der Waals surface area contributed by atoms with Crippen molar-refractivity contribution in [2.45, 2.75) is 44.6 Å². The van der Waals surface area contributed by atoms with Crippen molar-refractivity contribution in [3.8, 4) is 0 Å². The zero-order valence-electron chi connectivity index (χ0n) is 15.8. The molecule has 1 aliphatic carbocycles. The molecule has 4 heterocycles. The van der Waals surface area contributed by atoms with Crippen molar-refractivity contribution in [2.24, 2.45) is 0 Å². The summed E-state index contributed by atoms with van der Waals surface area (Å²) >= 11 is 1.73. The van der Waals surface area contributed by atoms with Gasteiger partial charge in [0, 0.05) is 41.7 Å². The number of aromatic nitrogens is 4. The summed E-state index contributed by atoms with van der Waals surface area (Å²) in [5.74, 6) is 0.412. The topological polar surface area (TPSA) is 84.7 Å². The average Bonchev–Trinajstić information content (AvgIpc) is 3.46. The minimum Gasteiger partial charge on any atom is -0.350 e. The number of amides is 1. The first-order valence-corrected chi connectivity index (χ1v) is 10.9. The van der Waals surface area contributed by atoms with E-state index >= 15 is 0 Å². The number of nitrogens with one attached hydrogen (secondary N) is 2. The third-order valence-electron chi connectivity index (χ3n) is 5.76. The van der Waals surface area contributed by atoms with Crippen LogP contribution in [0.15, 0.2) is 17.8 Å². The molecule has 2 aliphatic rings. The smallest absolute Gasteiger partial charge is 0.252 e. The predicted octanol–water partition coefficient (Wildman–Crippen LogP) is 2.27. The minimum atomic E-state index is 0.0298. The lowest BCUT2D eigenvalue weighted by Crippen LogP contribution is -2.28. The molecule has 0 bridgehead atoms. The van der Waals surface area contributed by atoms with Crippen LogP contribution in [0.3, 0.4) is 0 Å². The fraction of sp³-hybridized carbons (Fsp3) is 0.500. The second-order valence-corrected chi connectivity index (χ2v) is 8.50. The van der Waals surface area contributed by atoms with Crippen molar-refractivity contribution in [3.63, 3.8) is 0 Å². The molecule has 1 atom stereocenters. The van der Waals surface area contributed by atoms with Gasteiger partial charge in [0.25, 0.3) is 5.91 Å². The number of carbonyl (C=O) groups is 1. The molecular formula is C20H24N6OS. The number of nitrogens with zero attached hydrogens (tertiary/aromatic N) is 4. The summed E-state index contributed by atoms with van der Waals surface area (Å²) in [6.07, 6.45) is 9.06. The normalized spacial score (nSPS) is 19.1. The van der Waals surface area contributed by atoms with Crippen LogP contribution in [0, 0.1) is 0 Å². The standard InChI is InChI=1S/C20H24N6OS/c27-20(15-12-28-16-4-2-1-3-14(15)16)24-9-10-26-19-18(22-7-8-23-19)17(25-26)13-5-6-21-11-13/h7-8,12-13,21H,1-6,9-11H2,(H,24,27). The van der Waals surface area contributed by atoms with Gasteiger partial charge in [0.05, 0.1) is 17.8 Å². The van der Waals surface area contributed by atoms with Gasteiger partial charge < -0.3 is 10.6 Å². The zero-order valence-corrected chi connectivity index (χ0v) is 16.6. The summed E-state index contributed by atoms with van der Waals surface area (Å²) < 4.78 is 1.89. The van der Waals surface area contributed by atoms with Gasteiger partial charge in [-0.3, -0.25) is 4.79 Å². The van der Waals surface area contributed by atoms with Crippen molar-refractivity contribution in [2.75, 3.05) is 19.6 Å². The molecule has 3 aromatic rings. The zero-order chi connectivity index (χ0) is 18.9. The minimum absolute atomic E-state index is 0.0298. The lowest BCUT2D eigenvalue weighted by atomic mass is 9.96. The number of aryl methyl sites for hydroxylation is 1. The molecule has 0 spiro atoms. The second-order valence-electron chi connectivity index (χ2n) is 7.54. The Morgan fingerprint density at radius 1 is 1.29 bits per heavy atom. The highest BCUT2D eigenvalue weighted by Crippen LogP contribution is 2.30. The van der Waals surface area contributed by atoms with Crippen LogP contribution >= 0.6 is 11.3 Å². The molecule has 8 heteroatoms. The Hall–Kier alpha value is -2.32. The van der Waals surface area contributed by atoms with E-state index < -0.39 is 0 Å². The molecule has 0 radical (unpaired) electrons. The maximum atomic E-state index is 12.7. The van der Waals surface area contributed by atoms with E-state index in [-0.39, 0.29) is 5.91 Å². The first kappa shape index (κ1) is 17.8. The van der Waals surface area contributed by atoms with Crippen molar-refractivity contribution < 1.29 is 4.79 Å². The first-order chi connectivity index (χ1) is 13.8. The molecule has 1 unspecified atom stereocenters. The van der Waals surface area contributed by atoms with Gasteiger partial charge >= 0.3 is 0 Å². The average molecular weight is 397 g/mol. The largest absolute Gasteiger partial charge is 0.350 e. The summed E-state index contributed by atoms with van der Waals surface area (Å²) in [6.45, 7) is 3.07. The van der Waals surface area contributed by atoms with Gasteiger partial charge in [0.15, 0.2) is 5.65 Å². The van der Waals surface area contributed by atoms with Gasteiger partial charge in [-0.2, -0.15) is 5.10 Å². The van der Waals surface area contributed by atoms with Crippen LogP contribution in [0.2, 0.25) is 0 Å². The van der Waals surface area contributed by atoms with E-state index in [2.05, 4.69) is 20.6 Å². The number of fused-ring (bicyclic) bond motifs is 2. The predicted molar refractivity (Wildman–Crippen MR) is 109 cm³/mol. The van der Waals surface area contributed by atoms with E-state index in [1.807, 2.05) is 10.1 Å². The quantitative estimate of drug-likeness (QED) is 0.691. The number of carbonyl (C=O) groups excluding carboxylic acids is 1. The summed E-state index contributed by atoms with van der Waals surface area (Å²) in [6, 6.07) is 0. The molecule has 1 aliphatic heterocycles. The van der Waals surface area contributed by atoms with E-state index in [9.17, 15) is 4.79 Å². The van der Waals surface area contributed by atoms with Crippen LogP contribution in [0.5, 0.6) is 0 Å². The lowest BCUT2D eigenvalue weighted by Gasteiger charge is -2.12. The van der Waals surface area contributed by atoms with Crippen molar-refractivity contribution in [1.82, 2.24) is 30.4 Å². The van der Waals surface area contributed by atoms with Crippen molar-refractivity contribution in [1.29, 1.82) is 0 Å². The van der Waals surface area contributed by atoms with E-state index in [0.717, 1.165) is 54.8 Å². The van der Waals surface area contributed by atoms with Crippen LogP contribution in [0.1, 0.15) is 51.7 Å². The van der Waals surface area contributed by atoms with Crippen LogP contribution < -0.4 is 10.6 Å². The van der Waals surface area contributed by atoms with E-state index in [1.54, 1.807) is 23.7 Å². The van der Waals surface area contributed by atoms with Gasteiger partial charge in [-0.1, -0.05) is 0 Å². The molecule has 1 saturated heterocycles. The molecule has 146 valence electrons. The third kappa shape index (κ3) is 3.20. The number of hydrogen-bond donors (Lipinski definition) is 2. The van der Waals surface area contributed by atoms with E-state index in [0.29, 0.717) is 19.0 Å². The summed E-state index contributed by atoms with van der Waals surface area (Å²) in [7, 11) is 0. The maximum Gasteiger partial charge on any atom is 0.252 e. The fourth-order valence-electron chi connectivity index (χ4n) is 4.30. The summed E-state index contributed by atoms with van der Waals surface area (Å²) in [4.78, 5) is 23.1. The Labute approximate surface area is 167 Å². The Balaban J connectivity index is 1.30. The van der Waals surface area contributed by atoms with Crippen molar-refractivity contribution in [3.05, 3.63) is 39.5 Å². The Morgan fingerprint density at radius 2 is 2.18 bits per heavy atom. The van der Waals surface area contributed by atoms with Crippen LogP contribution in [-0.4, -0.2) is 45.3 Å². The van der Waals surface area contributed by atoms with Gasteiger partial charge in [0.1, 0.15) is 5.52 Å². The SMILES string of the molecule is O=C(NCCn1nc(C2CCNC2)c2nccnc21)c1csc2c1CCCC2. The first-order valence-electron chi connectivity index (χ1n) is 10.1. The number of hydrogen-bond acceptors (Lipinski definition) is 6. The monoisotopic (exact) mass is 396 g/mol. The van der Waals surface area contributed by atoms with Gasteiger partial charge in [-0.25, -0.2) is 14.6 Å². The Morgan fingerprint density at radius 3 is 3.07 bits per heavy atom. The second kappa shape index (κ2) is 7.60. The highest BCUT2D eigenvalue weighted by Gasteiger charge is 2.24. The van der Waals surface area contributed by atoms with Crippen LogP contribution in [0.4, 0.5) is 0 Å². The Bertz CT molecular complexity index is 1000. The number of thiophene rings is 1. The van der Waals surface area contributed by atoms with Gasteiger partial charge in [-0.05, 0) is 44.2 Å². The summed E-state index contributed by atoms with van der Waals surface area (Å²) in [5.41, 5.74) is 4.83. The maximum absolute atomic E-state index is 12.7. The molecule has 0 aromatic carbocycles. The molecule has 1 amide bonds. The van der Waals surface area contributed by atoms with Crippen LogP contribution in [0.25, 0.3) is 11.2 Å². The summed E-state index contributed by atoms with van der Waals surface area (Å²) in [5, 5.41) is 13.3. The molecule has 5 rings (SSSR count). The number of rotatable bonds is 5. The highest BCUT2D eigenvalue weighted by molar-refractivity contribution is 7.10. The van der Waals surface area contributed by atoms with E-state index in [1.165, 1.54) is 23.3 Å². The fourth-order valence-corrected chi connectivity index (χ4v) is 5.42. The van der Waals surface area contributed by atoms with Gasteiger partial charge in [0.2, 0.25) is 0 Å². The van der Waals surface area contributed by atoms with Crippen molar-refractivity contribution >= 4 is 28.4 Å². The molecule has 7 nitrogen and oxygen atoms in total. The molecule has 3 aromatic heterocycles. The van der Waals surface area contributed by atoms with Crippen LogP contribution in [-0.2, 0) is 19.4 Å². The highest BCUT2D eigenvalue weighted by atomic mass is 32.1. The molecule has 1 fully saturated rings. The van der Waals surface area contributed by atoms with E-state index in [4.69, 9.17) is 5.10 Å². The lowest BCUT2D eigenvalue weighted by molar-refractivity contribution is 0.0951. The third-order valence-corrected chi connectivity index (χ3v) is 6.85. The Kier molecular flexibility index (Phi) is 4.82. The molecule has 2 N–H and O–H groups in total. The molecular weight excluding hydrogens is 372 g/mol. The molecule has 0 saturated carbocycles.